The first-order valence-electron chi connectivity index (χ1n) is 8.38. The Balaban J connectivity index is 2.02. The summed E-state index contributed by atoms with van der Waals surface area (Å²) in [5, 5.41) is 0. The van der Waals surface area contributed by atoms with Gasteiger partial charge >= 0.3 is 0 Å². The molecule has 0 aromatic heterocycles. The van der Waals surface area contributed by atoms with Gasteiger partial charge in [0, 0.05) is 11.8 Å². The number of hydrogen-bond acceptors (Lipinski definition) is 3. The molecule has 0 spiro atoms. The summed E-state index contributed by atoms with van der Waals surface area (Å²) in [4.78, 5) is 0. The third kappa shape index (κ3) is 7.35. The van der Waals surface area contributed by atoms with E-state index in [0.717, 1.165) is 11.1 Å². The van der Waals surface area contributed by atoms with Gasteiger partial charge in [-0.25, -0.2) is 0 Å². The van der Waals surface area contributed by atoms with Crippen LogP contribution < -0.4 is 0 Å². The molecule has 0 N–H and O–H groups in total. The van der Waals surface area contributed by atoms with E-state index < -0.39 is 0 Å². The van der Waals surface area contributed by atoms with Gasteiger partial charge in [-0.15, -0.1) is 23.2 Å². The Bertz CT molecular complexity index is 566. The fraction of sp³-hybridized carbons (Fsp3) is 0.400. The molecule has 0 bridgehead atoms. The normalized spacial score (nSPS) is 13.5. The zero-order chi connectivity index (χ0) is 17.7. The standard InChI is InChI=1S/C20H24Cl2O3/c21-11-13-23-15-19(17-7-3-1-4-8-17)25-16-20(24-14-12-22)18-9-5-2-6-10-18/h1-10,19-20H,11-16H2. The second-order valence-corrected chi connectivity index (χ2v) is 6.21. The van der Waals surface area contributed by atoms with Gasteiger partial charge in [0.15, 0.2) is 0 Å². The molecule has 2 aromatic carbocycles. The average molecular weight is 383 g/mol. The lowest BCUT2D eigenvalue weighted by Crippen LogP contribution is -2.19. The summed E-state index contributed by atoms with van der Waals surface area (Å²) < 4.78 is 17.6. The Hall–Kier alpha value is -1.10. The van der Waals surface area contributed by atoms with E-state index in [4.69, 9.17) is 37.4 Å². The summed E-state index contributed by atoms with van der Waals surface area (Å²) in [7, 11) is 0. The summed E-state index contributed by atoms with van der Waals surface area (Å²) >= 11 is 11.5. The fourth-order valence-electron chi connectivity index (χ4n) is 2.45. The van der Waals surface area contributed by atoms with E-state index in [-0.39, 0.29) is 12.2 Å². The molecule has 0 saturated heterocycles. The van der Waals surface area contributed by atoms with Crippen LogP contribution in [0.4, 0.5) is 0 Å². The molecule has 0 saturated carbocycles. The lowest BCUT2D eigenvalue weighted by atomic mass is 10.1. The highest BCUT2D eigenvalue weighted by Crippen LogP contribution is 2.23. The van der Waals surface area contributed by atoms with Crippen molar-refractivity contribution in [3.05, 3.63) is 71.8 Å². The van der Waals surface area contributed by atoms with Crippen LogP contribution in [-0.4, -0.2) is 38.2 Å². The lowest BCUT2D eigenvalue weighted by molar-refractivity contribution is -0.0681. The Morgan fingerprint density at radius 2 is 1.16 bits per heavy atom. The number of halogens is 2. The molecule has 2 rings (SSSR count). The van der Waals surface area contributed by atoms with Crippen molar-refractivity contribution in [1.82, 2.24) is 0 Å². The van der Waals surface area contributed by atoms with Gasteiger partial charge in [-0.2, -0.15) is 0 Å². The van der Waals surface area contributed by atoms with Crippen molar-refractivity contribution >= 4 is 23.2 Å². The zero-order valence-corrected chi connectivity index (χ0v) is 15.7. The minimum absolute atomic E-state index is 0.167. The van der Waals surface area contributed by atoms with Gasteiger partial charge < -0.3 is 14.2 Å². The van der Waals surface area contributed by atoms with E-state index >= 15 is 0 Å². The number of alkyl halides is 2. The van der Waals surface area contributed by atoms with Crippen LogP contribution in [-0.2, 0) is 14.2 Å². The van der Waals surface area contributed by atoms with Gasteiger partial charge in [-0.3, -0.25) is 0 Å². The van der Waals surface area contributed by atoms with E-state index in [1.165, 1.54) is 0 Å². The smallest absolute Gasteiger partial charge is 0.106 e. The first-order chi connectivity index (χ1) is 12.3. The first kappa shape index (κ1) is 20.2. The number of benzene rings is 2. The van der Waals surface area contributed by atoms with Crippen molar-refractivity contribution in [2.24, 2.45) is 0 Å². The minimum Gasteiger partial charge on any atom is -0.377 e. The van der Waals surface area contributed by atoms with Crippen molar-refractivity contribution in [1.29, 1.82) is 0 Å². The Labute approximate surface area is 159 Å². The number of hydrogen-bond donors (Lipinski definition) is 0. The molecular formula is C20H24Cl2O3. The van der Waals surface area contributed by atoms with Crippen molar-refractivity contribution in [3.8, 4) is 0 Å². The predicted octanol–water partition coefficient (Wildman–Crippen LogP) is 5.00. The maximum absolute atomic E-state index is 6.15. The van der Waals surface area contributed by atoms with E-state index in [1.54, 1.807) is 0 Å². The highest BCUT2D eigenvalue weighted by Gasteiger charge is 2.18. The molecule has 0 aliphatic rings. The highest BCUT2D eigenvalue weighted by molar-refractivity contribution is 6.18. The zero-order valence-electron chi connectivity index (χ0n) is 14.2. The SMILES string of the molecule is ClCCOCC(OCC(OCCCl)c1ccccc1)c1ccccc1. The van der Waals surface area contributed by atoms with Crippen LogP contribution in [0.1, 0.15) is 23.3 Å². The largest absolute Gasteiger partial charge is 0.377 e. The van der Waals surface area contributed by atoms with Crippen LogP contribution in [0.25, 0.3) is 0 Å². The summed E-state index contributed by atoms with van der Waals surface area (Å²) in [5.74, 6) is 0.914. The van der Waals surface area contributed by atoms with Crippen molar-refractivity contribution < 1.29 is 14.2 Å². The molecule has 2 unspecified atom stereocenters. The first-order valence-corrected chi connectivity index (χ1v) is 9.44. The predicted molar refractivity (Wildman–Crippen MR) is 103 cm³/mol. The molecule has 0 amide bonds. The van der Waals surface area contributed by atoms with E-state index in [0.29, 0.717) is 38.2 Å². The van der Waals surface area contributed by atoms with Crippen LogP contribution in [0.2, 0.25) is 0 Å². The average Bonchev–Trinajstić information content (AvgIpc) is 2.68. The van der Waals surface area contributed by atoms with E-state index in [2.05, 4.69) is 0 Å². The molecule has 25 heavy (non-hydrogen) atoms. The third-order valence-electron chi connectivity index (χ3n) is 3.68. The van der Waals surface area contributed by atoms with Crippen LogP contribution in [0, 0.1) is 0 Å². The van der Waals surface area contributed by atoms with Gasteiger partial charge in [-0.05, 0) is 11.1 Å². The minimum atomic E-state index is -0.171. The van der Waals surface area contributed by atoms with E-state index in [1.807, 2.05) is 60.7 Å². The molecule has 0 radical (unpaired) electrons. The maximum Gasteiger partial charge on any atom is 0.106 e. The van der Waals surface area contributed by atoms with Gasteiger partial charge in [0.2, 0.25) is 0 Å². The molecular weight excluding hydrogens is 359 g/mol. The molecule has 0 fully saturated rings. The molecule has 136 valence electrons. The van der Waals surface area contributed by atoms with Crippen molar-refractivity contribution in [2.45, 2.75) is 12.2 Å². The second kappa shape index (κ2) is 12.3. The summed E-state index contributed by atoms with van der Waals surface area (Å²) in [5.41, 5.74) is 2.14. The Morgan fingerprint density at radius 3 is 1.68 bits per heavy atom. The molecule has 3 nitrogen and oxygen atoms in total. The Morgan fingerprint density at radius 1 is 0.640 bits per heavy atom. The molecule has 0 heterocycles. The molecule has 0 aliphatic carbocycles. The molecule has 2 aromatic rings. The molecule has 0 aliphatic heterocycles. The maximum atomic E-state index is 6.15. The van der Waals surface area contributed by atoms with Crippen LogP contribution >= 0.6 is 23.2 Å². The lowest BCUT2D eigenvalue weighted by Gasteiger charge is -2.23. The third-order valence-corrected chi connectivity index (χ3v) is 3.99. The quantitative estimate of drug-likeness (QED) is 0.382. The van der Waals surface area contributed by atoms with Gasteiger partial charge in [-0.1, -0.05) is 60.7 Å². The molecule has 5 heteroatoms. The van der Waals surface area contributed by atoms with Crippen molar-refractivity contribution in [2.75, 3.05) is 38.2 Å². The highest BCUT2D eigenvalue weighted by atomic mass is 35.5. The van der Waals surface area contributed by atoms with E-state index in [9.17, 15) is 0 Å². The Kier molecular flexibility index (Phi) is 9.93. The van der Waals surface area contributed by atoms with Gasteiger partial charge in [0.25, 0.3) is 0 Å². The summed E-state index contributed by atoms with van der Waals surface area (Å²) in [6.45, 7) is 1.85. The van der Waals surface area contributed by atoms with Crippen LogP contribution in [0.15, 0.2) is 60.7 Å². The van der Waals surface area contributed by atoms with Gasteiger partial charge in [0.1, 0.15) is 12.2 Å². The van der Waals surface area contributed by atoms with Crippen LogP contribution in [0.5, 0.6) is 0 Å². The van der Waals surface area contributed by atoms with Crippen LogP contribution in [0.3, 0.4) is 0 Å². The second-order valence-electron chi connectivity index (χ2n) is 5.46. The summed E-state index contributed by atoms with van der Waals surface area (Å²) in [6, 6.07) is 20.1. The van der Waals surface area contributed by atoms with Crippen molar-refractivity contribution in [3.63, 3.8) is 0 Å². The monoisotopic (exact) mass is 382 g/mol. The number of ether oxygens (including phenoxy) is 3. The topological polar surface area (TPSA) is 27.7 Å². The molecule has 2 atom stereocenters. The number of rotatable bonds is 12. The summed E-state index contributed by atoms with van der Waals surface area (Å²) in [6.07, 6.45) is -0.339. The van der Waals surface area contributed by atoms with Gasteiger partial charge in [0.05, 0.1) is 26.4 Å². The fourth-order valence-corrected chi connectivity index (χ4v) is 2.65.